The van der Waals surface area contributed by atoms with Gasteiger partial charge in [-0.15, -0.1) is 0 Å². The van der Waals surface area contributed by atoms with Crippen LogP contribution in [0.2, 0.25) is 0 Å². The zero-order valence-corrected chi connectivity index (χ0v) is 15.7. The van der Waals surface area contributed by atoms with Crippen molar-refractivity contribution in [1.29, 1.82) is 0 Å². The van der Waals surface area contributed by atoms with Gasteiger partial charge in [0.2, 0.25) is 0 Å². The maximum atomic E-state index is 5.31. The Balaban J connectivity index is 3.08. The van der Waals surface area contributed by atoms with Crippen molar-refractivity contribution in [3.8, 4) is 0 Å². The van der Waals surface area contributed by atoms with Crippen LogP contribution in [-0.2, 0) is 9.47 Å². The lowest BCUT2D eigenvalue weighted by Crippen LogP contribution is -1.99. The van der Waals surface area contributed by atoms with Gasteiger partial charge in [0.25, 0.3) is 0 Å². The number of ether oxygens (including phenoxy) is 2. The highest BCUT2D eigenvalue weighted by Gasteiger charge is 1.90. The molecule has 0 atom stereocenters. The van der Waals surface area contributed by atoms with E-state index < -0.39 is 0 Å². The van der Waals surface area contributed by atoms with Crippen LogP contribution < -0.4 is 0 Å². The van der Waals surface area contributed by atoms with Gasteiger partial charge in [-0.25, -0.2) is 0 Å². The highest BCUT2D eigenvalue weighted by atomic mass is 16.7. The summed E-state index contributed by atoms with van der Waals surface area (Å²) in [4.78, 5) is 0. The van der Waals surface area contributed by atoms with Gasteiger partial charge in [0.15, 0.2) is 0 Å². The average molecular weight is 325 g/mol. The molecule has 0 amide bonds. The van der Waals surface area contributed by atoms with Crippen LogP contribution in [0.4, 0.5) is 0 Å². The van der Waals surface area contributed by atoms with Gasteiger partial charge in [-0.1, -0.05) is 69.8 Å². The highest BCUT2D eigenvalue weighted by Crippen LogP contribution is 2.09. The van der Waals surface area contributed by atoms with Gasteiger partial charge in [0, 0.05) is 6.61 Å². The van der Waals surface area contributed by atoms with Gasteiger partial charge in [-0.2, -0.15) is 0 Å². The Bertz CT molecular complexity index is 259. The van der Waals surface area contributed by atoms with Gasteiger partial charge in [0.05, 0.1) is 6.61 Å². The molecular formula is C21H40O2. The summed E-state index contributed by atoms with van der Waals surface area (Å²) in [6.07, 6.45) is 24.9. The van der Waals surface area contributed by atoms with E-state index in [9.17, 15) is 0 Å². The molecule has 0 aromatic heterocycles. The maximum absolute atomic E-state index is 5.31. The molecule has 0 radical (unpaired) electrons. The summed E-state index contributed by atoms with van der Waals surface area (Å²) < 4.78 is 10.4. The molecule has 0 saturated heterocycles. The summed E-state index contributed by atoms with van der Waals surface area (Å²) >= 11 is 0. The Morgan fingerprint density at radius 3 is 1.65 bits per heavy atom. The molecule has 0 heterocycles. The fourth-order valence-corrected chi connectivity index (χ4v) is 2.38. The molecule has 0 unspecified atom stereocenters. The number of hydrogen-bond donors (Lipinski definition) is 0. The van der Waals surface area contributed by atoms with Crippen LogP contribution in [0, 0.1) is 0 Å². The molecule has 0 aromatic carbocycles. The summed E-state index contributed by atoms with van der Waals surface area (Å²) in [5, 5.41) is 0. The molecule has 0 aliphatic carbocycles. The van der Waals surface area contributed by atoms with E-state index in [0.717, 1.165) is 19.6 Å². The van der Waals surface area contributed by atoms with Gasteiger partial charge in [-0.3, -0.25) is 0 Å². The number of rotatable bonds is 18. The number of unbranched alkanes of at least 4 members (excludes halogenated alkanes) is 9. The molecule has 0 aliphatic rings. The van der Waals surface area contributed by atoms with Crippen LogP contribution in [0.5, 0.6) is 0 Å². The van der Waals surface area contributed by atoms with Crippen LogP contribution in [0.25, 0.3) is 0 Å². The second kappa shape index (κ2) is 21.4. The zero-order chi connectivity index (χ0) is 16.8. The monoisotopic (exact) mass is 324 g/mol. The van der Waals surface area contributed by atoms with Crippen LogP contribution in [0.1, 0.15) is 90.9 Å². The predicted molar refractivity (Wildman–Crippen MR) is 102 cm³/mol. The first-order valence-electron chi connectivity index (χ1n) is 9.87. The molecule has 2 heteroatoms. The first-order chi connectivity index (χ1) is 11.4. The third kappa shape index (κ3) is 21.4. The largest absolute Gasteiger partial charge is 0.356 e. The van der Waals surface area contributed by atoms with Crippen molar-refractivity contribution >= 4 is 0 Å². The van der Waals surface area contributed by atoms with Crippen molar-refractivity contribution in [1.82, 2.24) is 0 Å². The normalized spacial score (nSPS) is 11.9. The molecule has 0 bridgehead atoms. The van der Waals surface area contributed by atoms with E-state index in [-0.39, 0.29) is 0 Å². The lowest BCUT2D eigenvalue weighted by Gasteiger charge is -2.01. The van der Waals surface area contributed by atoms with Crippen molar-refractivity contribution in [3.05, 3.63) is 24.3 Å². The second-order valence-electron chi connectivity index (χ2n) is 6.09. The quantitative estimate of drug-likeness (QED) is 0.157. The van der Waals surface area contributed by atoms with E-state index in [4.69, 9.17) is 9.47 Å². The molecule has 2 nitrogen and oxygen atoms in total. The van der Waals surface area contributed by atoms with Gasteiger partial charge in [0.1, 0.15) is 6.79 Å². The molecule has 23 heavy (non-hydrogen) atoms. The van der Waals surface area contributed by atoms with Crippen molar-refractivity contribution < 1.29 is 9.47 Å². The summed E-state index contributed by atoms with van der Waals surface area (Å²) in [5.74, 6) is 0. The number of hydrogen-bond acceptors (Lipinski definition) is 2. The molecule has 0 N–H and O–H groups in total. The molecule has 136 valence electrons. The third-order valence-corrected chi connectivity index (χ3v) is 3.85. The summed E-state index contributed by atoms with van der Waals surface area (Å²) in [5.41, 5.74) is 0. The summed E-state index contributed by atoms with van der Waals surface area (Å²) in [6, 6.07) is 0. The average Bonchev–Trinajstić information content (AvgIpc) is 2.57. The Kier molecular flexibility index (Phi) is 20.8. The molecule has 0 fully saturated rings. The molecule has 0 aromatic rings. The topological polar surface area (TPSA) is 18.5 Å². The first kappa shape index (κ1) is 22.4. The Hall–Kier alpha value is -0.600. The Morgan fingerprint density at radius 2 is 1.09 bits per heavy atom. The predicted octanol–water partition coefficient (Wildman–Crippen LogP) is 6.81. The van der Waals surface area contributed by atoms with E-state index in [1.165, 1.54) is 70.6 Å². The van der Waals surface area contributed by atoms with Gasteiger partial charge >= 0.3 is 0 Å². The molecular weight excluding hydrogens is 284 g/mol. The minimum atomic E-state index is 0.429. The fourth-order valence-electron chi connectivity index (χ4n) is 2.38. The Labute approximate surface area is 145 Å². The molecule has 0 spiro atoms. The second-order valence-corrected chi connectivity index (χ2v) is 6.09. The van der Waals surface area contributed by atoms with Crippen molar-refractivity contribution in [3.63, 3.8) is 0 Å². The van der Waals surface area contributed by atoms with E-state index in [2.05, 4.69) is 31.2 Å². The lowest BCUT2D eigenvalue weighted by molar-refractivity contribution is -0.0476. The van der Waals surface area contributed by atoms with Gasteiger partial charge < -0.3 is 9.47 Å². The summed E-state index contributed by atoms with van der Waals surface area (Å²) in [7, 11) is 0. The highest BCUT2D eigenvalue weighted by molar-refractivity contribution is 4.81. The number of allylic oxidation sites excluding steroid dienone is 3. The summed E-state index contributed by atoms with van der Waals surface area (Å²) in [6.45, 7) is 6.16. The molecule has 0 saturated carbocycles. The van der Waals surface area contributed by atoms with E-state index >= 15 is 0 Å². The van der Waals surface area contributed by atoms with Crippen LogP contribution in [-0.4, -0.2) is 20.0 Å². The van der Waals surface area contributed by atoms with Crippen LogP contribution in [0.15, 0.2) is 24.3 Å². The third-order valence-electron chi connectivity index (χ3n) is 3.85. The van der Waals surface area contributed by atoms with E-state index in [0.29, 0.717) is 6.79 Å². The Morgan fingerprint density at radius 1 is 0.565 bits per heavy atom. The maximum Gasteiger partial charge on any atom is 0.146 e. The van der Waals surface area contributed by atoms with Crippen LogP contribution in [0.3, 0.4) is 0 Å². The minimum absolute atomic E-state index is 0.429. The smallest absolute Gasteiger partial charge is 0.146 e. The van der Waals surface area contributed by atoms with Gasteiger partial charge in [-0.05, 0) is 45.4 Å². The van der Waals surface area contributed by atoms with Crippen molar-refractivity contribution in [2.75, 3.05) is 20.0 Å². The zero-order valence-electron chi connectivity index (χ0n) is 15.7. The SMILES string of the molecule is CCCC/C=C/CCCCCCCC/C=C\CCOCOCC. The van der Waals surface area contributed by atoms with Crippen molar-refractivity contribution in [2.45, 2.75) is 90.9 Å². The molecule has 0 aliphatic heterocycles. The standard InChI is InChI=1S/C21H40O2/c1-3-5-6-7-8-9-10-11-12-13-14-15-16-17-18-19-20-23-21-22-4-2/h7-8,17-18H,3-6,9-16,19-21H2,1-2H3/b8-7+,18-17-. The minimum Gasteiger partial charge on any atom is -0.356 e. The fraction of sp³-hybridized carbons (Fsp3) is 0.810. The van der Waals surface area contributed by atoms with Crippen molar-refractivity contribution in [2.24, 2.45) is 0 Å². The van der Waals surface area contributed by atoms with E-state index in [1.54, 1.807) is 0 Å². The van der Waals surface area contributed by atoms with E-state index in [1.807, 2.05) is 6.92 Å². The lowest BCUT2D eigenvalue weighted by atomic mass is 10.1. The molecule has 0 rings (SSSR count). The first-order valence-corrected chi connectivity index (χ1v) is 9.87. The van der Waals surface area contributed by atoms with Crippen LogP contribution >= 0.6 is 0 Å².